The maximum Gasteiger partial charge on any atom is 0.254 e. The minimum Gasteiger partial charge on any atom is -0.493 e. The van der Waals surface area contributed by atoms with Crippen LogP contribution in [0.15, 0.2) is 36.4 Å². The van der Waals surface area contributed by atoms with Crippen molar-refractivity contribution < 1.29 is 23.0 Å². The van der Waals surface area contributed by atoms with Crippen molar-refractivity contribution in [2.75, 3.05) is 20.8 Å². The second-order valence-electron chi connectivity index (χ2n) is 6.23. The van der Waals surface area contributed by atoms with E-state index in [9.17, 15) is 13.6 Å². The van der Waals surface area contributed by atoms with Crippen LogP contribution in [0.3, 0.4) is 0 Å². The molecule has 0 unspecified atom stereocenters. The molecule has 5 nitrogen and oxygen atoms in total. The van der Waals surface area contributed by atoms with Gasteiger partial charge in [0.1, 0.15) is 16.6 Å². The molecule has 0 aliphatic rings. The fraction of sp³-hybridized carbons (Fsp3) is 0.238. The molecule has 0 atom stereocenters. The maximum absolute atomic E-state index is 13.7. The molecule has 0 saturated heterocycles. The third-order valence-corrected chi connectivity index (χ3v) is 5.60. The van der Waals surface area contributed by atoms with E-state index >= 15 is 0 Å². The summed E-state index contributed by atoms with van der Waals surface area (Å²) in [5.74, 6) is -0.924. The van der Waals surface area contributed by atoms with Gasteiger partial charge in [0.15, 0.2) is 11.5 Å². The molecule has 0 spiro atoms. The van der Waals surface area contributed by atoms with E-state index in [0.29, 0.717) is 30.5 Å². The number of amides is 1. The molecule has 0 bridgehead atoms. The summed E-state index contributed by atoms with van der Waals surface area (Å²) in [4.78, 5) is 17.7. The summed E-state index contributed by atoms with van der Waals surface area (Å²) in [7, 11) is 3.15. The van der Waals surface area contributed by atoms with E-state index in [4.69, 9.17) is 9.47 Å². The third-order valence-electron chi connectivity index (χ3n) is 4.34. The third kappa shape index (κ3) is 4.71. The number of nitrogens with zero attached hydrogens (tertiary/aromatic N) is 1. The lowest BCUT2D eigenvalue weighted by Crippen LogP contribution is -2.26. The molecular formula is C21H20F2N2O3S. The zero-order valence-corrected chi connectivity index (χ0v) is 17.0. The highest BCUT2D eigenvalue weighted by Crippen LogP contribution is 2.35. The number of nitrogens with one attached hydrogen (secondary N) is 1. The molecular weight excluding hydrogens is 398 g/mol. The molecule has 29 heavy (non-hydrogen) atoms. The van der Waals surface area contributed by atoms with E-state index in [-0.39, 0.29) is 5.56 Å². The minimum atomic E-state index is -0.882. The molecule has 152 valence electrons. The molecule has 1 N–H and O–H groups in total. The zero-order valence-electron chi connectivity index (χ0n) is 16.2. The first-order valence-corrected chi connectivity index (χ1v) is 9.66. The standard InChI is InChI=1S/C21H20F2N2O3S/c1-12-19(8-9-24-20(26)15-6-5-14(22)11-16(15)23)29-21(25-12)13-4-7-17(27-2)18(10-13)28-3/h4-7,10-11H,8-9H2,1-3H3,(H,24,26). The van der Waals surface area contributed by atoms with Gasteiger partial charge in [-0.05, 0) is 37.3 Å². The second-order valence-corrected chi connectivity index (χ2v) is 7.31. The van der Waals surface area contributed by atoms with Crippen molar-refractivity contribution in [2.24, 2.45) is 0 Å². The average molecular weight is 418 g/mol. The van der Waals surface area contributed by atoms with Crippen molar-refractivity contribution in [3.05, 3.63) is 64.2 Å². The van der Waals surface area contributed by atoms with E-state index in [0.717, 1.165) is 33.3 Å². The first-order valence-electron chi connectivity index (χ1n) is 8.85. The number of hydrogen-bond donors (Lipinski definition) is 1. The lowest BCUT2D eigenvalue weighted by atomic mass is 10.2. The predicted octanol–water partition coefficient (Wildman–Crippen LogP) is 4.39. The van der Waals surface area contributed by atoms with Crippen LogP contribution >= 0.6 is 11.3 Å². The Morgan fingerprint density at radius 2 is 1.86 bits per heavy atom. The van der Waals surface area contributed by atoms with Gasteiger partial charge in [0.25, 0.3) is 5.91 Å². The van der Waals surface area contributed by atoms with Gasteiger partial charge >= 0.3 is 0 Å². The van der Waals surface area contributed by atoms with Gasteiger partial charge in [0.05, 0.1) is 25.5 Å². The van der Waals surface area contributed by atoms with Gasteiger partial charge in [-0.3, -0.25) is 4.79 Å². The van der Waals surface area contributed by atoms with Crippen LogP contribution in [0.1, 0.15) is 20.9 Å². The van der Waals surface area contributed by atoms with E-state index in [1.807, 2.05) is 25.1 Å². The van der Waals surface area contributed by atoms with Crippen LogP contribution in [0.5, 0.6) is 11.5 Å². The number of benzene rings is 2. The lowest BCUT2D eigenvalue weighted by Gasteiger charge is -2.08. The molecule has 0 aliphatic carbocycles. The lowest BCUT2D eigenvalue weighted by molar-refractivity contribution is 0.0950. The van der Waals surface area contributed by atoms with Crippen LogP contribution in [-0.2, 0) is 6.42 Å². The number of methoxy groups -OCH3 is 2. The van der Waals surface area contributed by atoms with Gasteiger partial charge in [-0.1, -0.05) is 0 Å². The Bertz CT molecular complexity index is 1040. The quantitative estimate of drug-likeness (QED) is 0.618. The van der Waals surface area contributed by atoms with Gasteiger partial charge < -0.3 is 14.8 Å². The average Bonchev–Trinajstić information content (AvgIpc) is 3.08. The smallest absolute Gasteiger partial charge is 0.254 e. The summed E-state index contributed by atoms with van der Waals surface area (Å²) in [6, 6.07) is 8.47. The monoisotopic (exact) mass is 418 g/mol. The number of carbonyl (C=O) groups is 1. The van der Waals surface area contributed by atoms with E-state index in [2.05, 4.69) is 10.3 Å². The Hall–Kier alpha value is -3.00. The SMILES string of the molecule is COc1ccc(-c2nc(C)c(CCNC(=O)c3ccc(F)cc3F)s2)cc1OC. The number of rotatable bonds is 7. The summed E-state index contributed by atoms with van der Waals surface area (Å²) >= 11 is 1.52. The number of thiazole rings is 1. The molecule has 0 radical (unpaired) electrons. The molecule has 0 fully saturated rings. The Morgan fingerprint density at radius 1 is 1.10 bits per heavy atom. The number of aryl methyl sites for hydroxylation is 1. The van der Waals surface area contributed by atoms with Crippen molar-refractivity contribution in [1.82, 2.24) is 10.3 Å². The molecule has 8 heteroatoms. The first kappa shape index (κ1) is 20.7. The van der Waals surface area contributed by atoms with Crippen LogP contribution in [-0.4, -0.2) is 31.7 Å². The van der Waals surface area contributed by atoms with Crippen molar-refractivity contribution >= 4 is 17.2 Å². The van der Waals surface area contributed by atoms with Crippen LogP contribution in [0.25, 0.3) is 10.6 Å². The van der Waals surface area contributed by atoms with Gasteiger partial charge in [-0.2, -0.15) is 0 Å². The first-order chi connectivity index (χ1) is 13.9. The summed E-state index contributed by atoms with van der Waals surface area (Å²) in [6.45, 7) is 2.21. The number of halogens is 2. The fourth-order valence-electron chi connectivity index (χ4n) is 2.81. The Kier molecular flexibility index (Phi) is 6.43. The number of hydrogen-bond acceptors (Lipinski definition) is 5. The Morgan fingerprint density at radius 3 is 2.55 bits per heavy atom. The van der Waals surface area contributed by atoms with Crippen LogP contribution < -0.4 is 14.8 Å². The maximum atomic E-state index is 13.7. The minimum absolute atomic E-state index is 0.182. The van der Waals surface area contributed by atoms with Gasteiger partial charge in [0, 0.05) is 29.5 Å². The molecule has 0 aliphatic heterocycles. The van der Waals surface area contributed by atoms with Gasteiger partial charge in [-0.15, -0.1) is 11.3 Å². The van der Waals surface area contributed by atoms with Gasteiger partial charge in [-0.25, -0.2) is 13.8 Å². The zero-order chi connectivity index (χ0) is 21.0. The Balaban J connectivity index is 1.67. The summed E-state index contributed by atoms with van der Waals surface area (Å²) in [5.41, 5.74) is 1.58. The number of ether oxygens (including phenoxy) is 2. The number of aromatic nitrogens is 1. The molecule has 1 aromatic heterocycles. The van der Waals surface area contributed by atoms with Crippen molar-refractivity contribution in [1.29, 1.82) is 0 Å². The van der Waals surface area contributed by atoms with Crippen molar-refractivity contribution in [2.45, 2.75) is 13.3 Å². The van der Waals surface area contributed by atoms with E-state index < -0.39 is 17.5 Å². The van der Waals surface area contributed by atoms with Crippen LogP contribution in [0, 0.1) is 18.6 Å². The van der Waals surface area contributed by atoms with Crippen molar-refractivity contribution in [3.63, 3.8) is 0 Å². The predicted molar refractivity (Wildman–Crippen MR) is 108 cm³/mol. The van der Waals surface area contributed by atoms with E-state index in [1.165, 1.54) is 11.3 Å². The van der Waals surface area contributed by atoms with Crippen molar-refractivity contribution in [3.8, 4) is 22.1 Å². The summed E-state index contributed by atoms with van der Waals surface area (Å²) in [5, 5.41) is 3.49. The van der Waals surface area contributed by atoms with Gasteiger partial charge in [0.2, 0.25) is 0 Å². The largest absolute Gasteiger partial charge is 0.493 e. The second kappa shape index (κ2) is 9.00. The normalized spacial score (nSPS) is 10.7. The van der Waals surface area contributed by atoms with E-state index in [1.54, 1.807) is 14.2 Å². The molecule has 0 saturated carbocycles. The molecule has 2 aromatic carbocycles. The van der Waals surface area contributed by atoms with Crippen LogP contribution in [0.2, 0.25) is 0 Å². The molecule has 3 aromatic rings. The summed E-state index contributed by atoms with van der Waals surface area (Å²) in [6.07, 6.45) is 0.547. The number of carbonyl (C=O) groups excluding carboxylic acids is 1. The molecule has 1 heterocycles. The molecule has 3 rings (SSSR count). The molecule has 1 amide bonds. The summed E-state index contributed by atoms with van der Waals surface area (Å²) < 4.78 is 37.3. The fourth-order valence-corrected chi connectivity index (χ4v) is 3.87. The Labute approximate surface area is 171 Å². The highest BCUT2D eigenvalue weighted by Gasteiger charge is 2.14. The highest BCUT2D eigenvalue weighted by atomic mass is 32.1. The topological polar surface area (TPSA) is 60.5 Å². The highest BCUT2D eigenvalue weighted by molar-refractivity contribution is 7.15. The van der Waals surface area contributed by atoms with Crippen LogP contribution in [0.4, 0.5) is 8.78 Å².